The first-order valence-corrected chi connectivity index (χ1v) is 11.8. The summed E-state index contributed by atoms with van der Waals surface area (Å²) in [5.41, 5.74) is 2.95. The van der Waals surface area contributed by atoms with Gasteiger partial charge in [-0.25, -0.2) is 9.18 Å². The molecule has 5 rings (SSSR count). The second kappa shape index (κ2) is 9.45. The highest BCUT2D eigenvalue weighted by atomic mass is 19.1. The zero-order chi connectivity index (χ0) is 26.3. The average molecular weight is 504 g/mol. The van der Waals surface area contributed by atoms with E-state index in [0.717, 1.165) is 12.1 Å². The number of carbonyl (C=O) groups is 2. The lowest BCUT2D eigenvalue weighted by Crippen LogP contribution is -2.24. The number of halogens is 1. The van der Waals surface area contributed by atoms with Crippen molar-refractivity contribution >= 4 is 34.5 Å². The molecule has 0 saturated carbocycles. The molecule has 1 aliphatic heterocycles. The highest BCUT2D eigenvalue weighted by molar-refractivity contribution is 6.16. The van der Waals surface area contributed by atoms with Crippen molar-refractivity contribution < 1.29 is 23.5 Å². The van der Waals surface area contributed by atoms with Crippen molar-refractivity contribution in [2.24, 2.45) is 5.92 Å². The molecule has 37 heavy (non-hydrogen) atoms. The molecule has 4 aromatic rings. The highest BCUT2D eigenvalue weighted by Crippen LogP contribution is 2.39. The van der Waals surface area contributed by atoms with E-state index in [1.807, 2.05) is 10.9 Å². The van der Waals surface area contributed by atoms with Crippen molar-refractivity contribution in [3.8, 4) is 22.8 Å². The summed E-state index contributed by atoms with van der Waals surface area (Å²) in [6, 6.07) is 7.43. The van der Waals surface area contributed by atoms with Gasteiger partial charge in [-0.05, 0) is 36.3 Å². The van der Waals surface area contributed by atoms with Crippen molar-refractivity contribution in [1.29, 1.82) is 0 Å². The molecule has 0 bridgehead atoms. The number of ketones is 1. The fraction of sp³-hybridized carbons (Fsp3) is 0.222. The molecule has 2 amide bonds. The Morgan fingerprint density at radius 2 is 2.11 bits per heavy atom. The Bertz CT molecular complexity index is 1570. The molecular formula is C27H26FN5O4. The monoisotopic (exact) mass is 503 g/mol. The number of aromatic nitrogens is 3. The second-order valence-electron chi connectivity index (χ2n) is 9.15. The molecule has 9 nitrogen and oxygen atoms in total. The van der Waals surface area contributed by atoms with E-state index in [1.165, 1.54) is 20.2 Å². The van der Waals surface area contributed by atoms with Crippen LogP contribution in [0, 0.1) is 11.7 Å². The summed E-state index contributed by atoms with van der Waals surface area (Å²) >= 11 is 0. The normalized spacial score (nSPS) is 13.8. The Morgan fingerprint density at radius 1 is 1.30 bits per heavy atom. The number of hydrogen-bond acceptors (Lipinski definition) is 5. The van der Waals surface area contributed by atoms with E-state index in [4.69, 9.17) is 9.47 Å². The first-order chi connectivity index (χ1) is 17.8. The van der Waals surface area contributed by atoms with Crippen LogP contribution in [0.25, 0.3) is 28.2 Å². The summed E-state index contributed by atoms with van der Waals surface area (Å²) in [4.78, 5) is 28.1. The Morgan fingerprint density at radius 3 is 2.84 bits per heavy atom. The average Bonchev–Trinajstić information content (AvgIpc) is 3.56. The van der Waals surface area contributed by atoms with Crippen molar-refractivity contribution in [2.45, 2.75) is 20.4 Å². The smallest absolute Gasteiger partial charge is 0.318 e. The topological polar surface area (TPSA) is 110 Å². The number of hydrogen-bond donors (Lipinski definition) is 3. The van der Waals surface area contributed by atoms with Gasteiger partial charge < -0.3 is 25.1 Å². The fourth-order valence-corrected chi connectivity index (χ4v) is 4.30. The Labute approximate surface area is 212 Å². The van der Waals surface area contributed by atoms with E-state index in [9.17, 15) is 9.59 Å². The minimum absolute atomic E-state index is 0.0760. The maximum Gasteiger partial charge on any atom is 0.318 e. The van der Waals surface area contributed by atoms with Gasteiger partial charge in [-0.1, -0.05) is 13.8 Å². The molecule has 10 heteroatoms. The predicted octanol–water partition coefficient (Wildman–Crippen LogP) is 5.20. The molecule has 0 saturated heterocycles. The van der Waals surface area contributed by atoms with Crippen LogP contribution in [-0.2, 0) is 6.54 Å². The van der Waals surface area contributed by atoms with Gasteiger partial charge in [0.2, 0.25) is 5.78 Å². The molecule has 0 radical (unpaired) electrons. The summed E-state index contributed by atoms with van der Waals surface area (Å²) < 4.78 is 28.0. The quantitative estimate of drug-likeness (QED) is 0.313. The van der Waals surface area contributed by atoms with E-state index < -0.39 is 11.8 Å². The van der Waals surface area contributed by atoms with Crippen molar-refractivity contribution in [3.63, 3.8) is 0 Å². The van der Waals surface area contributed by atoms with Crippen molar-refractivity contribution in [2.75, 3.05) is 19.5 Å². The van der Waals surface area contributed by atoms with Gasteiger partial charge in [-0.2, -0.15) is 5.10 Å². The van der Waals surface area contributed by atoms with Gasteiger partial charge in [0.05, 0.1) is 30.1 Å². The van der Waals surface area contributed by atoms with Crippen LogP contribution in [-0.4, -0.2) is 40.7 Å². The third-order valence-corrected chi connectivity index (χ3v) is 6.01. The summed E-state index contributed by atoms with van der Waals surface area (Å²) in [6.07, 6.45) is 5.18. The number of benzene rings is 2. The van der Waals surface area contributed by atoms with Crippen LogP contribution in [0.4, 0.5) is 14.9 Å². The second-order valence-corrected chi connectivity index (χ2v) is 9.15. The molecule has 3 N–H and O–H groups in total. The largest absolute Gasteiger partial charge is 0.497 e. The number of carbonyl (C=O) groups excluding carboxylic acids is 2. The van der Waals surface area contributed by atoms with Crippen LogP contribution in [0.15, 0.2) is 48.5 Å². The fourth-order valence-electron chi connectivity index (χ4n) is 4.30. The standard InChI is InChI=1S/C27H26FN5O4/c1-14(2)12-33-13-15(11-30-33)24-19(18-8-17(36-4)9-21(28)25(18)32-24)10-23-26(34)20-7-16(31-27(35)29-3)5-6-22(20)37-23/h5-11,13-14,32H,12H2,1-4H3,(H2,29,31,35). The molecule has 2 aromatic heterocycles. The van der Waals surface area contributed by atoms with Crippen LogP contribution in [0.2, 0.25) is 0 Å². The summed E-state index contributed by atoms with van der Waals surface area (Å²) in [7, 11) is 2.97. The first-order valence-electron chi connectivity index (χ1n) is 11.8. The molecule has 1 aliphatic rings. The molecule has 0 aliphatic carbocycles. The van der Waals surface area contributed by atoms with Crippen LogP contribution >= 0.6 is 0 Å². The molecule has 0 fully saturated rings. The zero-order valence-electron chi connectivity index (χ0n) is 20.8. The maximum atomic E-state index is 15.0. The van der Waals surface area contributed by atoms with Crippen LogP contribution in [0.1, 0.15) is 29.8 Å². The van der Waals surface area contributed by atoms with Gasteiger partial charge >= 0.3 is 6.03 Å². The third-order valence-electron chi connectivity index (χ3n) is 6.01. The SMILES string of the molecule is CNC(=O)Nc1ccc2c(c1)C(=O)C(=Cc1c(-c3cnn(CC(C)C)c3)[nH]c3c(F)cc(OC)cc13)O2. The number of nitrogens with one attached hydrogen (secondary N) is 3. The van der Waals surface area contributed by atoms with Crippen LogP contribution < -0.4 is 20.1 Å². The van der Waals surface area contributed by atoms with Crippen LogP contribution in [0.5, 0.6) is 11.5 Å². The van der Waals surface area contributed by atoms with Crippen molar-refractivity contribution in [3.05, 3.63) is 65.4 Å². The molecule has 0 spiro atoms. The lowest BCUT2D eigenvalue weighted by molar-refractivity contribution is 0.101. The van der Waals surface area contributed by atoms with Gasteiger partial charge in [0.15, 0.2) is 11.6 Å². The number of nitrogens with zero attached hydrogens (tertiary/aromatic N) is 2. The van der Waals surface area contributed by atoms with Gasteiger partial charge in [-0.15, -0.1) is 0 Å². The summed E-state index contributed by atoms with van der Waals surface area (Å²) in [5, 5.41) is 10.1. The number of urea groups is 1. The number of amides is 2. The molecule has 0 unspecified atom stereocenters. The van der Waals surface area contributed by atoms with E-state index in [2.05, 4.69) is 34.6 Å². The molecule has 0 atom stereocenters. The van der Waals surface area contributed by atoms with Crippen molar-refractivity contribution in [1.82, 2.24) is 20.1 Å². The number of Topliss-reactive ketones (excluding diaryl/α,β-unsaturated/α-hetero) is 1. The molecule has 190 valence electrons. The van der Waals surface area contributed by atoms with Crippen LogP contribution in [0.3, 0.4) is 0 Å². The number of aromatic amines is 1. The van der Waals surface area contributed by atoms with E-state index in [-0.39, 0.29) is 17.1 Å². The van der Waals surface area contributed by atoms with E-state index >= 15 is 4.39 Å². The maximum absolute atomic E-state index is 15.0. The van der Waals surface area contributed by atoms with Gasteiger partial charge in [0, 0.05) is 48.1 Å². The Hall–Kier alpha value is -4.60. The number of ether oxygens (including phenoxy) is 2. The lowest BCUT2D eigenvalue weighted by atomic mass is 10.0. The van der Waals surface area contributed by atoms with E-state index in [0.29, 0.717) is 45.3 Å². The Balaban J connectivity index is 1.61. The lowest BCUT2D eigenvalue weighted by Gasteiger charge is -2.05. The predicted molar refractivity (Wildman–Crippen MR) is 138 cm³/mol. The van der Waals surface area contributed by atoms with Gasteiger partial charge in [0.1, 0.15) is 11.5 Å². The minimum Gasteiger partial charge on any atom is -0.497 e. The number of rotatable bonds is 6. The number of allylic oxidation sites excluding steroid dienone is 1. The molecule has 2 aromatic carbocycles. The Kier molecular flexibility index (Phi) is 6.16. The zero-order valence-corrected chi connectivity index (χ0v) is 20.8. The summed E-state index contributed by atoms with van der Waals surface area (Å²) in [5.74, 6) is 0.346. The number of methoxy groups -OCH3 is 1. The highest BCUT2D eigenvalue weighted by Gasteiger charge is 2.29. The first kappa shape index (κ1) is 24.1. The minimum atomic E-state index is -0.485. The van der Waals surface area contributed by atoms with E-state index in [1.54, 1.807) is 36.5 Å². The molecule has 3 heterocycles. The van der Waals surface area contributed by atoms with Gasteiger partial charge in [0.25, 0.3) is 0 Å². The third kappa shape index (κ3) is 4.53. The molecular weight excluding hydrogens is 477 g/mol. The number of H-pyrrole nitrogens is 1. The number of fused-ring (bicyclic) bond motifs is 2. The van der Waals surface area contributed by atoms with Gasteiger partial charge in [-0.3, -0.25) is 9.48 Å². The summed E-state index contributed by atoms with van der Waals surface area (Å²) in [6.45, 7) is 4.92. The number of anilines is 1.